The van der Waals surface area contributed by atoms with Crippen LogP contribution in [0, 0.1) is 0 Å². The van der Waals surface area contributed by atoms with Gasteiger partial charge in [0, 0.05) is 37.0 Å². The van der Waals surface area contributed by atoms with Crippen LogP contribution in [0.25, 0.3) is 6.08 Å². The number of hydrogen-bond donors (Lipinski definition) is 1. The van der Waals surface area contributed by atoms with Crippen LogP contribution in [0.2, 0.25) is 0 Å². The topological polar surface area (TPSA) is 49.8 Å². The number of ketones is 1. The molecule has 2 aromatic rings. The number of aromatic hydroxyl groups is 1. The number of benzene rings is 2. The molecule has 0 saturated carbocycles. The number of rotatable bonds is 5. The third-order valence-corrected chi connectivity index (χ3v) is 4.02. The molecule has 0 bridgehead atoms. The molecule has 4 nitrogen and oxygen atoms in total. The molecule has 0 unspecified atom stereocenters. The molecule has 0 fully saturated rings. The van der Waals surface area contributed by atoms with Gasteiger partial charge in [-0.15, -0.1) is 0 Å². The predicted octanol–water partition coefficient (Wildman–Crippen LogP) is 4.13. The molecule has 5 heteroatoms. The smallest absolute Gasteiger partial charge is 0.185 e. The Hall–Kier alpha value is -2.27. The minimum Gasteiger partial charge on any atom is -0.507 e. The first kappa shape index (κ1) is 17.1. The molecule has 120 valence electrons. The van der Waals surface area contributed by atoms with Crippen molar-refractivity contribution in [3.05, 3.63) is 58.1 Å². The molecule has 0 radical (unpaired) electrons. The van der Waals surface area contributed by atoms with Crippen LogP contribution in [-0.2, 0) is 0 Å². The number of phenols is 1. The van der Waals surface area contributed by atoms with E-state index in [-0.39, 0.29) is 11.5 Å². The fourth-order valence-electron chi connectivity index (χ4n) is 2.05. The summed E-state index contributed by atoms with van der Waals surface area (Å²) >= 11 is 3.25. The van der Waals surface area contributed by atoms with E-state index >= 15 is 0 Å². The standard InChI is InChI=1S/C18H18BrNO3/c1-20(2)14-7-4-12(5-8-14)16(21)9-6-13-10-15(19)17(22)11-18(13)23-3/h4-11,22H,1-3H3/b9-6+. The quantitative estimate of drug-likeness (QED) is 0.630. The van der Waals surface area contributed by atoms with Crippen molar-refractivity contribution in [3.8, 4) is 11.5 Å². The van der Waals surface area contributed by atoms with Crippen LogP contribution >= 0.6 is 15.9 Å². The highest BCUT2D eigenvalue weighted by Crippen LogP contribution is 2.32. The Morgan fingerprint density at radius 2 is 1.87 bits per heavy atom. The summed E-state index contributed by atoms with van der Waals surface area (Å²) < 4.78 is 5.75. The van der Waals surface area contributed by atoms with Gasteiger partial charge >= 0.3 is 0 Å². The summed E-state index contributed by atoms with van der Waals surface area (Å²) in [6.45, 7) is 0. The van der Waals surface area contributed by atoms with E-state index in [9.17, 15) is 9.90 Å². The maximum Gasteiger partial charge on any atom is 0.185 e. The highest BCUT2D eigenvalue weighted by atomic mass is 79.9. The molecule has 23 heavy (non-hydrogen) atoms. The Morgan fingerprint density at radius 1 is 1.22 bits per heavy atom. The third-order valence-electron chi connectivity index (χ3n) is 3.38. The molecule has 0 aliphatic rings. The van der Waals surface area contributed by atoms with E-state index in [1.54, 1.807) is 24.3 Å². The van der Waals surface area contributed by atoms with Gasteiger partial charge in [0.05, 0.1) is 11.6 Å². The Balaban J connectivity index is 2.22. The normalized spacial score (nSPS) is 10.8. The first-order chi connectivity index (χ1) is 10.9. The minimum atomic E-state index is -0.0958. The molecule has 2 aromatic carbocycles. The number of allylic oxidation sites excluding steroid dienone is 1. The second-order valence-electron chi connectivity index (χ2n) is 5.18. The lowest BCUT2D eigenvalue weighted by Crippen LogP contribution is -2.08. The Bertz CT molecular complexity index is 737. The van der Waals surface area contributed by atoms with Gasteiger partial charge in [-0.25, -0.2) is 0 Å². The molecule has 0 saturated heterocycles. The Kier molecular flexibility index (Phi) is 5.45. The van der Waals surface area contributed by atoms with Crippen molar-refractivity contribution < 1.29 is 14.6 Å². The molecule has 0 atom stereocenters. The zero-order chi connectivity index (χ0) is 17.0. The van der Waals surface area contributed by atoms with Crippen molar-refractivity contribution in [1.82, 2.24) is 0 Å². The van der Waals surface area contributed by atoms with Gasteiger partial charge in [-0.1, -0.05) is 0 Å². The van der Waals surface area contributed by atoms with E-state index in [0.29, 0.717) is 21.3 Å². The number of halogens is 1. The van der Waals surface area contributed by atoms with Gasteiger partial charge in [-0.2, -0.15) is 0 Å². The predicted molar refractivity (Wildman–Crippen MR) is 96.5 cm³/mol. The van der Waals surface area contributed by atoms with Crippen molar-refractivity contribution in [2.75, 3.05) is 26.1 Å². The fraction of sp³-hybridized carbons (Fsp3) is 0.167. The van der Waals surface area contributed by atoms with Gasteiger partial charge in [0.15, 0.2) is 5.78 Å². The lowest BCUT2D eigenvalue weighted by atomic mass is 10.1. The van der Waals surface area contributed by atoms with E-state index in [2.05, 4.69) is 15.9 Å². The highest BCUT2D eigenvalue weighted by Gasteiger charge is 2.07. The summed E-state index contributed by atoms with van der Waals surface area (Å²) in [5, 5.41) is 9.66. The van der Waals surface area contributed by atoms with E-state index in [1.807, 2.05) is 31.1 Å². The summed E-state index contributed by atoms with van der Waals surface area (Å²) in [6.07, 6.45) is 3.16. The first-order valence-electron chi connectivity index (χ1n) is 6.98. The summed E-state index contributed by atoms with van der Waals surface area (Å²) in [5.41, 5.74) is 2.36. The van der Waals surface area contributed by atoms with E-state index in [4.69, 9.17) is 4.74 Å². The van der Waals surface area contributed by atoms with Crippen LogP contribution in [0.15, 0.2) is 46.9 Å². The van der Waals surface area contributed by atoms with Crippen LogP contribution in [0.5, 0.6) is 11.5 Å². The second kappa shape index (κ2) is 7.33. The second-order valence-corrected chi connectivity index (χ2v) is 6.04. The van der Waals surface area contributed by atoms with Crippen molar-refractivity contribution in [1.29, 1.82) is 0 Å². The van der Waals surface area contributed by atoms with Gasteiger partial charge in [0.25, 0.3) is 0 Å². The number of hydrogen-bond acceptors (Lipinski definition) is 4. The largest absolute Gasteiger partial charge is 0.507 e. The van der Waals surface area contributed by atoms with Gasteiger partial charge < -0.3 is 14.7 Å². The lowest BCUT2D eigenvalue weighted by Gasteiger charge is -2.12. The van der Waals surface area contributed by atoms with E-state index in [0.717, 1.165) is 5.69 Å². The number of ether oxygens (including phenoxy) is 1. The number of nitrogens with zero attached hydrogens (tertiary/aromatic N) is 1. The summed E-state index contributed by atoms with van der Waals surface area (Å²) in [4.78, 5) is 14.2. The maximum atomic E-state index is 12.2. The zero-order valence-electron chi connectivity index (χ0n) is 13.2. The molecular weight excluding hydrogens is 358 g/mol. The average molecular weight is 376 g/mol. The van der Waals surface area contributed by atoms with Crippen molar-refractivity contribution in [2.24, 2.45) is 0 Å². The molecule has 0 spiro atoms. The number of anilines is 1. The summed E-state index contributed by atoms with van der Waals surface area (Å²) in [5.74, 6) is 0.490. The molecular formula is C18H18BrNO3. The van der Waals surface area contributed by atoms with Crippen molar-refractivity contribution in [3.63, 3.8) is 0 Å². The van der Waals surface area contributed by atoms with Gasteiger partial charge in [-0.3, -0.25) is 4.79 Å². The molecule has 2 rings (SSSR count). The molecule has 0 aromatic heterocycles. The highest BCUT2D eigenvalue weighted by molar-refractivity contribution is 9.10. The average Bonchev–Trinajstić information content (AvgIpc) is 2.55. The molecule has 0 heterocycles. The van der Waals surface area contributed by atoms with Gasteiger partial charge in [0.2, 0.25) is 0 Å². The number of methoxy groups -OCH3 is 1. The number of phenolic OH excluding ortho intramolecular Hbond substituents is 1. The Morgan fingerprint density at radius 3 is 2.43 bits per heavy atom. The number of carbonyl (C=O) groups excluding carboxylic acids is 1. The monoisotopic (exact) mass is 375 g/mol. The van der Waals surface area contributed by atoms with Crippen LogP contribution in [-0.4, -0.2) is 32.1 Å². The van der Waals surface area contributed by atoms with Crippen LogP contribution in [0.4, 0.5) is 5.69 Å². The molecule has 1 N–H and O–H groups in total. The molecule has 0 aliphatic heterocycles. The molecule has 0 amide bonds. The van der Waals surface area contributed by atoms with Crippen molar-refractivity contribution >= 4 is 33.5 Å². The van der Waals surface area contributed by atoms with E-state index in [1.165, 1.54) is 19.3 Å². The van der Waals surface area contributed by atoms with Crippen molar-refractivity contribution in [2.45, 2.75) is 0 Å². The van der Waals surface area contributed by atoms with E-state index < -0.39 is 0 Å². The Labute approximate surface area is 144 Å². The first-order valence-corrected chi connectivity index (χ1v) is 7.78. The fourth-order valence-corrected chi connectivity index (χ4v) is 2.41. The van der Waals surface area contributed by atoms with Gasteiger partial charge in [-0.05, 0) is 58.4 Å². The lowest BCUT2D eigenvalue weighted by molar-refractivity contribution is 0.104. The number of carbonyl (C=O) groups is 1. The third kappa shape index (κ3) is 4.13. The summed E-state index contributed by atoms with van der Waals surface area (Å²) in [7, 11) is 5.42. The minimum absolute atomic E-state index is 0.0876. The van der Waals surface area contributed by atoms with Crippen LogP contribution < -0.4 is 9.64 Å². The maximum absolute atomic E-state index is 12.2. The SMILES string of the molecule is COc1cc(O)c(Br)cc1/C=C/C(=O)c1ccc(N(C)C)cc1. The molecule has 0 aliphatic carbocycles. The zero-order valence-corrected chi connectivity index (χ0v) is 14.8. The summed E-state index contributed by atoms with van der Waals surface area (Å²) in [6, 6.07) is 10.6. The van der Waals surface area contributed by atoms with Crippen LogP contribution in [0.3, 0.4) is 0 Å². The van der Waals surface area contributed by atoms with Gasteiger partial charge in [0.1, 0.15) is 11.5 Å². The van der Waals surface area contributed by atoms with Crippen LogP contribution in [0.1, 0.15) is 15.9 Å².